The SMILES string of the molecule is C=C(C)[C@H]1CC[C@H]2[C@@H]3CC=C4C[C@@H](OCC5COC5)CC[C@]4(C)[C@H]3CC[C@]12C. The van der Waals surface area contributed by atoms with E-state index in [2.05, 4.69) is 33.4 Å². The van der Waals surface area contributed by atoms with Crippen molar-refractivity contribution in [3.8, 4) is 0 Å². The molecule has 0 aromatic carbocycles. The summed E-state index contributed by atoms with van der Waals surface area (Å²) in [5, 5.41) is 0. The summed E-state index contributed by atoms with van der Waals surface area (Å²) in [4.78, 5) is 0. The number of fused-ring (bicyclic) bond motifs is 5. The van der Waals surface area contributed by atoms with Crippen LogP contribution in [0, 0.1) is 40.4 Å². The molecule has 4 fully saturated rings. The van der Waals surface area contributed by atoms with Gasteiger partial charge in [0.05, 0.1) is 25.9 Å². The summed E-state index contributed by atoms with van der Waals surface area (Å²) in [5.41, 5.74) is 4.13. The molecule has 2 nitrogen and oxygen atoms in total. The van der Waals surface area contributed by atoms with Gasteiger partial charge in [0.1, 0.15) is 0 Å². The molecule has 0 radical (unpaired) electrons. The Morgan fingerprint density at radius 2 is 1.96 bits per heavy atom. The van der Waals surface area contributed by atoms with E-state index in [1.807, 2.05) is 0 Å². The molecule has 0 aromatic heterocycles. The highest BCUT2D eigenvalue weighted by molar-refractivity contribution is 5.26. The lowest BCUT2D eigenvalue weighted by molar-refractivity contribution is -0.0993. The van der Waals surface area contributed by atoms with Crippen LogP contribution in [0.15, 0.2) is 23.8 Å². The van der Waals surface area contributed by atoms with Crippen molar-refractivity contribution in [3.63, 3.8) is 0 Å². The quantitative estimate of drug-likeness (QED) is 0.539. The van der Waals surface area contributed by atoms with Crippen LogP contribution in [0.25, 0.3) is 0 Å². The molecule has 4 aliphatic carbocycles. The summed E-state index contributed by atoms with van der Waals surface area (Å²) in [6.07, 6.45) is 13.9. The van der Waals surface area contributed by atoms with Crippen molar-refractivity contribution in [1.82, 2.24) is 0 Å². The lowest BCUT2D eigenvalue weighted by Gasteiger charge is -2.58. The van der Waals surface area contributed by atoms with E-state index in [9.17, 15) is 0 Å². The molecule has 0 spiro atoms. The second kappa shape index (κ2) is 6.98. The number of allylic oxidation sites excluding steroid dienone is 2. The van der Waals surface area contributed by atoms with Gasteiger partial charge in [-0.15, -0.1) is 0 Å². The van der Waals surface area contributed by atoms with E-state index >= 15 is 0 Å². The standard InChI is InChI=1S/C26H40O2/c1-17(2)22-7-8-23-21-6-5-19-13-20(28-16-18-14-27-15-18)9-11-25(19,3)24(21)10-12-26(22,23)4/h5,18,20-24H,1,6-16H2,2-4H3/t20-,21-,22+,23-,24-,25-,26+/m0/s1. The van der Waals surface area contributed by atoms with Crippen molar-refractivity contribution < 1.29 is 9.47 Å². The van der Waals surface area contributed by atoms with Crippen LogP contribution in [0.4, 0.5) is 0 Å². The van der Waals surface area contributed by atoms with E-state index in [0.717, 1.165) is 43.5 Å². The fraction of sp³-hybridized carbons (Fsp3) is 0.846. The Labute approximate surface area is 172 Å². The average molecular weight is 385 g/mol. The second-order valence-corrected chi connectivity index (χ2v) is 11.4. The van der Waals surface area contributed by atoms with Crippen LogP contribution in [0.5, 0.6) is 0 Å². The Morgan fingerprint density at radius 1 is 1.14 bits per heavy atom. The molecule has 28 heavy (non-hydrogen) atoms. The van der Waals surface area contributed by atoms with Gasteiger partial charge in [-0.05, 0) is 92.8 Å². The van der Waals surface area contributed by atoms with Gasteiger partial charge in [0.2, 0.25) is 0 Å². The number of hydrogen-bond acceptors (Lipinski definition) is 2. The first-order chi connectivity index (χ1) is 13.4. The molecule has 1 aliphatic heterocycles. The first-order valence-electron chi connectivity index (χ1n) is 12.0. The van der Waals surface area contributed by atoms with Gasteiger partial charge in [0.15, 0.2) is 0 Å². The molecule has 1 saturated heterocycles. The van der Waals surface area contributed by atoms with E-state index in [1.54, 1.807) is 5.57 Å². The number of hydrogen-bond donors (Lipinski definition) is 0. The van der Waals surface area contributed by atoms with E-state index in [-0.39, 0.29) is 0 Å². The van der Waals surface area contributed by atoms with E-state index < -0.39 is 0 Å². The van der Waals surface area contributed by atoms with Crippen molar-refractivity contribution in [2.75, 3.05) is 19.8 Å². The molecule has 0 N–H and O–H groups in total. The maximum absolute atomic E-state index is 6.31. The highest BCUT2D eigenvalue weighted by Gasteiger charge is 2.58. The Morgan fingerprint density at radius 3 is 2.68 bits per heavy atom. The van der Waals surface area contributed by atoms with E-state index in [4.69, 9.17) is 9.47 Å². The lowest BCUT2D eigenvalue weighted by Crippen LogP contribution is -2.50. The Kier molecular flexibility index (Phi) is 4.83. The van der Waals surface area contributed by atoms with Crippen molar-refractivity contribution in [1.29, 1.82) is 0 Å². The molecule has 7 atom stereocenters. The minimum atomic E-state index is 0.436. The van der Waals surface area contributed by atoms with Crippen LogP contribution >= 0.6 is 0 Å². The third kappa shape index (κ3) is 2.88. The minimum absolute atomic E-state index is 0.436. The maximum atomic E-state index is 6.31. The molecule has 5 aliphatic rings. The third-order valence-corrected chi connectivity index (χ3v) is 9.93. The van der Waals surface area contributed by atoms with Crippen molar-refractivity contribution in [2.24, 2.45) is 40.4 Å². The number of ether oxygens (including phenoxy) is 2. The van der Waals surface area contributed by atoms with Gasteiger partial charge < -0.3 is 9.47 Å². The van der Waals surface area contributed by atoms with E-state index in [0.29, 0.717) is 22.9 Å². The fourth-order valence-electron chi connectivity index (χ4n) is 8.23. The summed E-state index contributed by atoms with van der Waals surface area (Å²) in [6.45, 7) is 14.6. The van der Waals surface area contributed by atoms with Crippen LogP contribution in [0.1, 0.15) is 72.1 Å². The van der Waals surface area contributed by atoms with Crippen LogP contribution in [0.3, 0.4) is 0 Å². The van der Waals surface area contributed by atoms with Gasteiger partial charge in [-0.3, -0.25) is 0 Å². The molecule has 0 amide bonds. The predicted octanol–water partition coefficient (Wildman–Crippen LogP) is 6.17. The summed E-state index contributed by atoms with van der Waals surface area (Å²) in [5.74, 6) is 4.13. The van der Waals surface area contributed by atoms with Crippen LogP contribution in [0.2, 0.25) is 0 Å². The van der Waals surface area contributed by atoms with Crippen LogP contribution < -0.4 is 0 Å². The molecule has 1 heterocycles. The molecule has 156 valence electrons. The molecular formula is C26H40O2. The van der Waals surface area contributed by atoms with Crippen LogP contribution in [-0.2, 0) is 9.47 Å². The molecule has 0 aromatic rings. The Hall–Kier alpha value is -0.600. The van der Waals surface area contributed by atoms with Crippen molar-refractivity contribution in [3.05, 3.63) is 23.8 Å². The fourth-order valence-corrected chi connectivity index (χ4v) is 8.23. The average Bonchev–Trinajstić information content (AvgIpc) is 2.98. The van der Waals surface area contributed by atoms with E-state index in [1.165, 1.54) is 56.9 Å². The van der Waals surface area contributed by atoms with Gasteiger partial charge in [0.25, 0.3) is 0 Å². The summed E-state index contributed by atoms with van der Waals surface area (Å²) in [7, 11) is 0. The van der Waals surface area contributed by atoms with Gasteiger partial charge in [0, 0.05) is 5.92 Å². The molecule has 5 rings (SSSR count). The van der Waals surface area contributed by atoms with Crippen molar-refractivity contribution in [2.45, 2.75) is 78.2 Å². The zero-order valence-electron chi connectivity index (χ0n) is 18.3. The molecule has 2 heteroatoms. The largest absolute Gasteiger partial charge is 0.381 e. The molecule has 0 bridgehead atoms. The van der Waals surface area contributed by atoms with Gasteiger partial charge in [-0.2, -0.15) is 0 Å². The first-order valence-corrected chi connectivity index (χ1v) is 12.0. The predicted molar refractivity (Wildman–Crippen MR) is 114 cm³/mol. The minimum Gasteiger partial charge on any atom is -0.381 e. The summed E-state index contributed by atoms with van der Waals surface area (Å²) in [6, 6.07) is 0. The molecular weight excluding hydrogens is 344 g/mol. The monoisotopic (exact) mass is 384 g/mol. The summed E-state index contributed by atoms with van der Waals surface area (Å²) >= 11 is 0. The van der Waals surface area contributed by atoms with Gasteiger partial charge in [-0.1, -0.05) is 37.6 Å². The zero-order chi connectivity index (χ0) is 19.5. The highest BCUT2D eigenvalue weighted by Crippen LogP contribution is 2.67. The maximum Gasteiger partial charge on any atom is 0.0612 e. The molecule has 3 saturated carbocycles. The summed E-state index contributed by atoms with van der Waals surface area (Å²) < 4.78 is 11.6. The normalized spacial score (nSPS) is 48.1. The van der Waals surface area contributed by atoms with Crippen molar-refractivity contribution >= 4 is 0 Å². The van der Waals surface area contributed by atoms with Gasteiger partial charge in [-0.25, -0.2) is 0 Å². The second-order valence-electron chi connectivity index (χ2n) is 11.4. The first kappa shape index (κ1) is 19.4. The highest BCUT2D eigenvalue weighted by atomic mass is 16.5. The smallest absolute Gasteiger partial charge is 0.0612 e. The Bertz CT molecular complexity index is 661. The topological polar surface area (TPSA) is 18.5 Å². The Balaban J connectivity index is 1.31. The molecule has 0 unspecified atom stereocenters. The van der Waals surface area contributed by atoms with Gasteiger partial charge >= 0.3 is 0 Å². The lowest BCUT2D eigenvalue weighted by atomic mass is 9.47. The van der Waals surface area contributed by atoms with Crippen LogP contribution in [-0.4, -0.2) is 25.9 Å². The number of rotatable bonds is 4. The zero-order valence-corrected chi connectivity index (χ0v) is 18.3. The third-order valence-electron chi connectivity index (χ3n) is 9.93.